The first kappa shape index (κ1) is 24.1. The molecule has 0 aromatic heterocycles. The second-order valence-electron chi connectivity index (χ2n) is 8.46. The van der Waals surface area contributed by atoms with E-state index in [0.717, 1.165) is 24.0 Å². The molecule has 1 aliphatic heterocycles. The Bertz CT molecular complexity index is 1250. The molecule has 2 N–H and O–H groups in total. The van der Waals surface area contributed by atoms with E-state index in [0.29, 0.717) is 30.3 Å². The molecule has 34 heavy (non-hydrogen) atoms. The van der Waals surface area contributed by atoms with E-state index in [1.165, 1.54) is 0 Å². The molecule has 1 heterocycles. The normalized spacial score (nSPS) is 15.0. The SMILES string of the molecule is CC1CCN(S(=O)(=O)c2ccc(NC(=S)NC(=O)c3ccc(-c4ccccc4)cc3)cc2)CC1. The maximum atomic E-state index is 12.9. The molecule has 6 nitrogen and oxygen atoms in total. The van der Waals surface area contributed by atoms with Crippen molar-refractivity contribution in [1.82, 2.24) is 9.62 Å². The van der Waals surface area contributed by atoms with Crippen molar-refractivity contribution in [2.24, 2.45) is 5.92 Å². The highest BCUT2D eigenvalue weighted by Gasteiger charge is 2.27. The van der Waals surface area contributed by atoms with Crippen molar-refractivity contribution in [2.75, 3.05) is 18.4 Å². The number of rotatable bonds is 5. The van der Waals surface area contributed by atoms with Crippen LogP contribution in [0.2, 0.25) is 0 Å². The number of benzene rings is 3. The number of sulfonamides is 1. The van der Waals surface area contributed by atoms with Gasteiger partial charge in [0, 0.05) is 24.3 Å². The third-order valence-electron chi connectivity index (χ3n) is 5.97. The van der Waals surface area contributed by atoms with Crippen LogP contribution in [0.4, 0.5) is 5.69 Å². The molecule has 0 aliphatic carbocycles. The summed E-state index contributed by atoms with van der Waals surface area (Å²) in [6.45, 7) is 3.24. The molecule has 0 bridgehead atoms. The molecule has 1 amide bonds. The summed E-state index contributed by atoms with van der Waals surface area (Å²) in [5, 5.41) is 5.73. The zero-order valence-electron chi connectivity index (χ0n) is 18.9. The minimum atomic E-state index is -3.51. The van der Waals surface area contributed by atoms with Crippen molar-refractivity contribution < 1.29 is 13.2 Å². The van der Waals surface area contributed by atoms with Crippen LogP contribution in [-0.4, -0.2) is 36.8 Å². The number of carbonyl (C=O) groups is 1. The lowest BCUT2D eigenvalue weighted by Gasteiger charge is -2.29. The molecular weight excluding hydrogens is 466 g/mol. The van der Waals surface area contributed by atoms with Crippen LogP contribution in [0.3, 0.4) is 0 Å². The standard InChI is InChI=1S/C26H27N3O3S2/c1-19-15-17-29(18-16-19)34(31,32)24-13-11-23(12-14-24)27-26(33)28-25(30)22-9-7-21(8-10-22)20-5-3-2-4-6-20/h2-14,19H,15-18H2,1H3,(H2,27,28,30,33). The lowest BCUT2D eigenvalue weighted by Crippen LogP contribution is -2.37. The quantitative estimate of drug-likeness (QED) is 0.494. The van der Waals surface area contributed by atoms with Gasteiger partial charge in [-0.25, -0.2) is 8.42 Å². The summed E-state index contributed by atoms with van der Waals surface area (Å²) in [7, 11) is -3.51. The van der Waals surface area contributed by atoms with Gasteiger partial charge in [0.25, 0.3) is 5.91 Å². The van der Waals surface area contributed by atoms with Gasteiger partial charge in [-0.15, -0.1) is 0 Å². The molecule has 0 radical (unpaired) electrons. The van der Waals surface area contributed by atoms with Crippen LogP contribution >= 0.6 is 12.2 Å². The summed E-state index contributed by atoms with van der Waals surface area (Å²) in [5.41, 5.74) is 3.18. The number of hydrogen-bond donors (Lipinski definition) is 2. The fraction of sp³-hybridized carbons (Fsp3) is 0.231. The van der Waals surface area contributed by atoms with Crippen molar-refractivity contribution in [3.63, 3.8) is 0 Å². The molecule has 4 rings (SSSR count). The molecule has 8 heteroatoms. The summed E-state index contributed by atoms with van der Waals surface area (Å²) in [5.74, 6) is 0.228. The molecule has 0 atom stereocenters. The third-order valence-corrected chi connectivity index (χ3v) is 8.09. The number of anilines is 1. The van der Waals surface area contributed by atoms with Gasteiger partial charge in [0.15, 0.2) is 5.11 Å². The lowest BCUT2D eigenvalue weighted by atomic mass is 10.0. The number of hydrogen-bond acceptors (Lipinski definition) is 4. The molecule has 1 saturated heterocycles. The number of thiocarbonyl (C=S) groups is 1. The highest BCUT2D eigenvalue weighted by Crippen LogP contribution is 2.24. The second kappa shape index (κ2) is 10.5. The Morgan fingerprint density at radius 2 is 1.47 bits per heavy atom. The summed E-state index contributed by atoms with van der Waals surface area (Å²) in [6.07, 6.45) is 1.75. The van der Waals surface area contributed by atoms with Gasteiger partial charge in [0.2, 0.25) is 10.0 Å². The second-order valence-corrected chi connectivity index (χ2v) is 10.8. The first-order valence-corrected chi connectivity index (χ1v) is 13.1. The predicted molar refractivity (Wildman–Crippen MR) is 139 cm³/mol. The van der Waals surface area contributed by atoms with Gasteiger partial charge >= 0.3 is 0 Å². The minimum absolute atomic E-state index is 0.137. The van der Waals surface area contributed by atoms with Crippen LogP contribution in [0.15, 0.2) is 83.8 Å². The Labute approximate surface area is 206 Å². The largest absolute Gasteiger partial charge is 0.332 e. The van der Waals surface area contributed by atoms with Gasteiger partial charge in [-0.2, -0.15) is 4.31 Å². The van der Waals surface area contributed by atoms with Crippen molar-refractivity contribution in [3.8, 4) is 11.1 Å². The van der Waals surface area contributed by atoms with Gasteiger partial charge < -0.3 is 5.32 Å². The van der Waals surface area contributed by atoms with Gasteiger partial charge in [0.05, 0.1) is 4.90 Å². The summed E-state index contributed by atoms with van der Waals surface area (Å²) >= 11 is 5.26. The maximum Gasteiger partial charge on any atom is 0.257 e. The molecule has 1 aliphatic rings. The first-order valence-electron chi connectivity index (χ1n) is 11.2. The van der Waals surface area contributed by atoms with E-state index in [9.17, 15) is 13.2 Å². The van der Waals surface area contributed by atoms with E-state index >= 15 is 0 Å². The van der Waals surface area contributed by atoms with Gasteiger partial charge in [-0.05, 0) is 78.5 Å². The highest BCUT2D eigenvalue weighted by atomic mass is 32.2. The summed E-state index contributed by atoms with van der Waals surface area (Å²) in [4.78, 5) is 12.8. The number of nitrogens with zero attached hydrogens (tertiary/aromatic N) is 1. The Balaban J connectivity index is 1.34. The minimum Gasteiger partial charge on any atom is -0.332 e. The Morgan fingerprint density at radius 3 is 2.09 bits per heavy atom. The smallest absolute Gasteiger partial charge is 0.257 e. The molecule has 0 spiro atoms. The van der Waals surface area contributed by atoms with E-state index in [-0.39, 0.29) is 15.9 Å². The maximum absolute atomic E-state index is 12.9. The van der Waals surface area contributed by atoms with Crippen LogP contribution in [0, 0.1) is 5.92 Å². The summed E-state index contributed by atoms with van der Waals surface area (Å²) < 4.78 is 27.3. The zero-order chi connectivity index (χ0) is 24.1. The van der Waals surface area contributed by atoms with E-state index in [1.54, 1.807) is 40.7 Å². The Morgan fingerprint density at radius 1 is 0.882 bits per heavy atom. The Hall–Kier alpha value is -3.07. The van der Waals surface area contributed by atoms with Crippen molar-refractivity contribution >= 4 is 38.9 Å². The van der Waals surface area contributed by atoms with Crippen LogP contribution < -0.4 is 10.6 Å². The molecule has 1 fully saturated rings. The van der Waals surface area contributed by atoms with Gasteiger partial charge in [-0.3, -0.25) is 10.1 Å². The molecule has 176 valence electrons. The lowest BCUT2D eigenvalue weighted by molar-refractivity contribution is 0.0977. The van der Waals surface area contributed by atoms with Gasteiger partial charge in [0.1, 0.15) is 0 Å². The average molecular weight is 494 g/mol. The van der Waals surface area contributed by atoms with Crippen molar-refractivity contribution in [2.45, 2.75) is 24.7 Å². The molecule has 0 saturated carbocycles. The predicted octanol–water partition coefficient (Wildman–Crippen LogP) is 4.90. The number of piperidine rings is 1. The van der Waals surface area contributed by atoms with E-state index in [2.05, 4.69) is 17.6 Å². The van der Waals surface area contributed by atoms with Crippen molar-refractivity contribution in [1.29, 1.82) is 0 Å². The average Bonchev–Trinajstić information content (AvgIpc) is 2.85. The fourth-order valence-electron chi connectivity index (χ4n) is 3.87. The molecule has 3 aromatic carbocycles. The zero-order valence-corrected chi connectivity index (χ0v) is 20.5. The Kier molecular flexibility index (Phi) is 7.41. The van der Waals surface area contributed by atoms with Crippen molar-refractivity contribution in [3.05, 3.63) is 84.4 Å². The number of carbonyl (C=O) groups excluding carboxylic acids is 1. The monoisotopic (exact) mass is 493 g/mol. The molecule has 0 unspecified atom stereocenters. The highest BCUT2D eigenvalue weighted by molar-refractivity contribution is 7.89. The topological polar surface area (TPSA) is 78.5 Å². The van der Waals surface area contributed by atoms with Crippen LogP contribution in [0.1, 0.15) is 30.1 Å². The van der Waals surface area contributed by atoms with E-state index in [4.69, 9.17) is 12.2 Å². The van der Waals surface area contributed by atoms with Crippen LogP contribution in [-0.2, 0) is 10.0 Å². The number of nitrogens with one attached hydrogen (secondary N) is 2. The number of amides is 1. The summed E-state index contributed by atoms with van der Waals surface area (Å²) in [6, 6.07) is 23.6. The van der Waals surface area contributed by atoms with E-state index in [1.807, 2.05) is 42.5 Å². The third kappa shape index (κ3) is 5.70. The van der Waals surface area contributed by atoms with Gasteiger partial charge in [-0.1, -0.05) is 49.4 Å². The fourth-order valence-corrected chi connectivity index (χ4v) is 5.55. The first-order chi connectivity index (χ1) is 16.3. The van der Waals surface area contributed by atoms with Crippen LogP contribution in [0.5, 0.6) is 0 Å². The molecular formula is C26H27N3O3S2. The van der Waals surface area contributed by atoms with Crippen LogP contribution in [0.25, 0.3) is 11.1 Å². The van der Waals surface area contributed by atoms with E-state index < -0.39 is 10.0 Å². The molecule has 3 aromatic rings.